The van der Waals surface area contributed by atoms with Crippen LogP contribution >= 0.6 is 0 Å². The molecule has 7 heteroatoms. The van der Waals surface area contributed by atoms with E-state index in [0.717, 1.165) is 24.2 Å². The van der Waals surface area contributed by atoms with Gasteiger partial charge in [-0.05, 0) is 47.5 Å². The molecule has 33 heavy (non-hydrogen) atoms. The number of hydrogen-bond donors (Lipinski definition) is 1. The van der Waals surface area contributed by atoms with Gasteiger partial charge in [-0.25, -0.2) is 8.78 Å². The molecule has 0 spiro atoms. The second-order valence-electron chi connectivity index (χ2n) is 7.99. The highest BCUT2D eigenvalue weighted by atomic mass is 19.1. The molecule has 0 aromatic heterocycles. The number of piperazine rings is 1. The summed E-state index contributed by atoms with van der Waals surface area (Å²) in [6.45, 7) is 3.38. The van der Waals surface area contributed by atoms with Crippen molar-refractivity contribution in [3.8, 4) is 17.2 Å². The number of nitrogens with zero attached hydrogens (tertiary/aromatic N) is 1. The monoisotopic (exact) mass is 454 g/mol. The molecule has 0 bridgehead atoms. The molecule has 0 saturated carbocycles. The summed E-state index contributed by atoms with van der Waals surface area (Å²) in [4.78, 5) is 2.30. The summed E-state index contributed by atoms with van der Waals surface area (Å²) in [5.74, 6) is 1.39. The summed E-state index contributed by atoms with van der Waals surface area (Å²) >= 11 is 0. The maximum atomic E-state index is 13.6. The van der Waals surface area contributed by atoms with Gasteiger partial charge in [0.25, 0.3) is 0 Å². The first-order valence-electron chi connectivity index (χ1n) is 10.9. The number of hydrogen-bond acceptors (Lipinski definition) is 5. The summed E-state index contributed by atoms with van der Waals surface area (Å²) in [7, 11) is 3.18. The molecule has 1 aliphatic heterocycles. The van der Waals surface area contributed by atoms with Crippen LogP contribution in [0.3, 0.4) is 0 Å². The summed E-state index contributed by atoms with van der Waals surface area (Å²) in [6, 6.07) is 18.5. The lowest BCUT2D eigenvalue weighted by Gasteiger charge is -2.44. The van der Waals surface area contributed by atoms with E-state index in [9.17, 15) is 8.78 Å². The van der Waals surface area contributed by atoms with E-state index in [-0.39, 0.29) is 11.6 Å². The van der Waals surface area contributed by atoms with Gasteiger partial charge in [0.2, 0.25) is 0 Å². The predicted octanol–water partition coefficient (Wildman–Crippen LogP) is 4.21. The highest BCUT2D eigenvalue weighted by Gasteiger charge is 2.38. The third kappa shape index (κ3) is 5.10. The van der Waals surface area contributed by atoms with Gasteiger partial charge in [0.1, 0.15) is 24.0 Å². The molecule has 1 aliphatic rings. The second-order valence-corrected chi connectivity index (χ2v) is 7.99. The molecule has 0 radical (unpaired) electrons. The van der Waals surface area contributed by atoms with Gasteiger partial charge in [-0.2, -0.15) is 0 Å². The van der Waals surface area contributed by atoms with E-state index in [2.05, 4.69) is 10.2 Å². The molecule has 5 nitrogen and oxygen atoms in total. The van der Waals surface area contributed by atoms with Crippen LogP contribution in [0.5, 0.6) is 17.2 Å². The molecule has 1 heterocycles. The standard InChI is InChI=1S/C26H28F2N2O3/c1-31-24-12-11-23(17-25(24)32-2)33-16-15-30-14-13-29-26(18-30,19-3-7-21(27)8-4-19)20-5-9-22(28)10-6-20/h3-12,17,29H,13-16,18H2,1-2H3. The minimum absolute atomic E-state index is 0.288. The van der Waals surface area contributed by atoms with Gasteiger partial charge in [0.05, 0.1) is 19.8 Å². The van der Waals surface area contributed by atoms with Crippen LogP contribution in [0.4, 0.5) is 8.78 Å². The first-order chi connectivity index (χ1) is 16.0. The van der Waals surface area contributed by atoms with E-state index in [1.165, 1.54) is 24.3 Å². The largest absolute Gasteiger partial charge is 0.493 e. The maximum absolute atomic E-state index is 13.6. The number of methoxy groups -OCH3 is 2. The van der Waals surface area contributed by atoms with Gasteiger partial charge in [0, 0.05) is 32.2 Å². The van der Waals surface area contributed by atoms with Crippen molar-refractivity contribution in [1.82, 2.24) is 10.2 Å². The molecule has 174 valence electrons. The number of ether oxygens (including phenoxy) is 3. The Morgan fingerprint density at radius 2 is 1.45 bits per heavy atom. The molecule has 1 saturated heterocycles. The summed E-state index contributed by atoms with van der Waals surface area (Å²) in [5.41, 5.74) is 1.28. The molecular formula is C26H28F2N2O3. The number of benzene rings is 3. The third-order valence-electron chi connectivity index (χ3n) is 6.02. The highest BCUT2D eigenvalue weighted by molar-refractivity contribution is 5.45. The molecule has 0 amide bonds. The Hall–Kier alpha value is -3.16. The van der Waals surface area contributed by atoms with Gasteiger partial charge in [-0.15, -0.1) is 0 Å². The van der Waals surface area contributed by atoms with Crippen LogP contribution in [0.1, 0.15) is 11.1 Å². The van der Waals surface area contributed by atoms with E-state index in [1.54, 1.807) is 44.6 Å². The van der Waals surface area contributed by atoms with E-state index in [4.69, 9.17) is 14.2 Å². The first-order valence-corrected chi connectivity index (χ1v) is 10.9. The fourth-order valence-electron chi connectivity index (χ4n) is 4.31. The van der Waals surface area contributed by atoms with Crippen molar-refractivity contribution in [2.75, 3.05) is 47.0 Å². The molecule has 0 aliphatic carbocycles. The molecule has 0 atom stereocenters. The number of nitrogens with one attached hydrogen (secondary N) is 1. The molecule has 4 rings (SSSR count). The van der Waals surface area contributed by atoms with Gasteiger partial charge in [-0.1, -0.05) is 24.3 Å². The zero-order chi connectivity index (χ0) is 23.3. The minimum atomic E-state index is -0.580. The van der Waals surface area contributed by atoms with Crippen molar-refractivity contribution < 1.29 is 23.0 Å². The molecule has 3 aromatic carbocycles. The van der Waals surface area contributed by atoms with Gasteiger partial charge in [0.15, 0.2) is 11.5 Å². The van der Waals surface area contributed by atoms with Crippen LogP contribution in [0.2, 0.25) is 0 Å². The lowest BCUT2D eigenvalue weighted by Crippen LogP contribution is -2.59. The van der Waals surface area contributed by atoms with E-state index >= 15 is 0 Å². The average molecular weight is 455 g/mol. The summed E-state index contributed by atoms with van der Waals surface area (Å²) in [5, 5.41) is 3.61. The van der Waals surface area contributed by atoms with Crippen LogP contribution in [-0.4, -0.2) is 51.9 Å². The Kier molecular flexibility index (Phi) is 7.11. The maximum Gasteiger partial charge on any atom is 0.164 e. The van der Waals surface area contributed by atoms with Crippen LogP contribution in [0.25, 0.3) is 0 Å². The van der Waals surface area contributed by atoms with Crippen molar-refractivity contribution in [3.05, 3.63) is 89.5 Å². The lowest BCUT2D eigenvalue weighted by atomic mass is 9.81. The number of rotatable bonds is 8. The van der Waals surface area contributed by atoms with E-state index in [1.807, 2.05) is 12.1 Å². The quantitative estimate of drug-likeness (QED) is 0.553. The SMILES string of the molecule is COc1ccc(OCCN2CCNC(c3ccc(F)cc3)(c3ccc(F)cc3)C2)cc1OC. The Bertz CT molecular complexity index is 1010. The average Bonchev–Trinajstić information content (AvgIpc) is 2.85. The van der Waals surface area contributed by atoms with Crippen molar-refractivity contribution in [1.29, 1.82) is 0 Å². The van der Waals surface area contributed by atoms with Crippen molar-refractivity contribution >= 4 is 0 Å². The zero-order valence-corrected chi connectivity index (χ0v) is 18.8. The van der Waals surface area contributed by atoms with Crippen LogP contribution < -0.4 is 19.5 Å². The van der Waals surface area contributed by atoms with Crippen LogP contribution in [0, 0.1) is 11.6 Å². The predicted molar refractivity (Wildman–Crippen MR) is 123 cm³/mol. The van der Waals surface area contributed by atoms with Crippen molar-refractivity contribution in [3.63, 3.8) is 0 Å². The third-order valence-corrected chi connectivity index (χ3v) is 6.02. The van der Waals surface area contributed by atoms with Crippen molar-refractivity contribution in [2.24, 2.45) is 0 Å². The van der Waals surface area contributed by atoms with Gasteiger partial charge < -0.3 is 19.5 Å². The molecule has 3 aromatic rings. The van der Waals surface area contributed by atoms with E-state index in [0.29, 0.717) is 36.9 Å². The summed E-state index contributed by atoms with van der Waals surface area (Å²) < 4.78 is 43.8. The van der Waals surface area contributed by atoms with Crippen LogP contribution in [0.15, 0.2) is 66.7 Å². The molecule has 1 N–H and O–H groups in total. The molecular weight excluding hydrogens is 426 g/mol. The van der Waals surface area contributed by atoms with Gasteiger partial charge in [-0.3, -0.25) is 4.90 Å². The fraction of sp³-hybridized carbons (Fsp3) is 0.308. The first kappa shape index (κ1) is 23.0. The van der Waals surface area contributed by atoms with E-state index < -0.39 is 5.54 Å². The second kappa shape index (κ2) is 10.2. The Morgan fingerprint density at radius 3 is 2.03 bits per heavy atom. The van der Waals surface area contributed by atoms with Crippen LogP contribution in [-0.2, 0) is 5.54 Å². The van der Waals surface area contributed by atoms with Gasteiger partial charge >= 0.3 is 0 Å². The number of halogens is 2. The molecule has 1 fully saturated rings. The van der Waals surface area contributed by atoms with Crippen molar-refractivity contribution in [2.45, 2.75) is 5.54 Å². The Morgan fingerprint density at radius 1 is 0.848 bits per heavy atom. The smallest absolute Gasteiger partial charge is 0.164 e. The summed E-state index contributed by atoms with van der Waals surface area (Å²) in [6.07, 6.45) is 0. The lowest BCUT2D eigenvalue weighted by molar-refractivity contribution is 0.133. The molecule has 0 unspecified atom stereocenters. The Labute approximate surface area is 192 Å². The highest BCUT2D eigenvalue weighted by Crippen LogP contribution is 2.33. The zero-order valence-electron chi connectivity index (χ0n) is 18.8. The Balaban J connectivity index is 1.50. The normalized spacial score (nSPS) is 15.8. The topological polar surface area (TPSA) is 43.0 Å². The minimum Gasteiger partial charge on any atom is -0.493 e. The fourth-order valence-corrected chi connectivity index (χ4v) is 4.31.